The number of hydrogen-bond donors (Lipinski definition) is 0. The Morgan fingerprint density at radius 1 is 1.17 bits per heavy atom. The fourth-order valence-corrected chi connectivity index (χ4v) is 0. The van der Waals surface area contributed by atoms with E-state index in [1.54, 1.807) is 0 Å². The van der Waals surface area contributed by atoms with E-state index in [4.69, 9.17) is 0 Å². The van der Waals surface area contributed by atoms with Crippen LogP contribution in [0.1, 0.15) is 2.85 Å². The van der Waals surface area contributed by atoms with Gasteiger partial charge in [0.15, 0.2) is 0 Å². The van der Waals surface area contributed by atoms with Gasteiger partial charge in [-0.3, -0.25) is 0 Å². The van der Waals surface area contributed by atoms with Crippen molar-refractivity contribution in [1.29, 1.82) is 0 Å². The third-order valence-electron chi connectivity index (χ3n) is 0. The Morgan fingerprint density at radius 2 is 1.17 bits per heavy atom. The Kier molecular flexibility index (Phi) is 387. The third kappa shape index (κ3) is 26.4. The molecule has 0 atom stereocenters. The van der Waals surface area contributed by atoms with Crippen LogP contribution in [0, 0.1) is 0 Å². The summed E-state index contributed by atoms with van der Waals surface area (Å²) in [7, 11) is 0. The van der Waals surface area contributed by atoms with E-state index >= 15 is 0 Å². The van der Waals surface area contributed by atoms with Crippen molar-refractivity contribution in [3.05, 3.63) is 0 Å². The molecule has 0 heterocycles. The van der Waals surface area contributed by atoms with Crippen molar-refractivity contribution in [2.45, 2.75) is 0 Å². The Morgan fingerprint density at radius 3 is 1.17 bits per heavy atom. The van der Waals surface area contributed by atoms with Crippen LogP contribution in [0.2, 0.25) is 0 Å². The molecule has 0 nitrogen and oxygen atoms in total. The molecule has 0 aliphatic carbocycles. The molecule has 0 aliphatic rings. The van der Waals surface area contributed by atoms with Gasteiger partial charge in [-0.15, -0.1) is 0 Å². The Labute approximate surface area is 110 Å². The first kappa shape index (κ1) is 57.9. The van der Waals surface area contributed by atoms with Gasteiger partial charge in [0.2, 0.25) is 0 Å². The maximum absolute atomic E-state index is 0. The second kappa shape index (κ2) is 40.1. The molecule has 0 amide bonds. The van der Waals surface area contributed by atoms with Gasteiger partial charge in [0, 0.05) is 85.3 Å². The van der Waals surface area contributed by atoms with Crippen LogP contribution in [0.3, 0.4) is 0 Å². The van der Waals surface area contributed by atoms with E-state index in [2.05, 4.69) is 0 Å². The van der Waals surface area contributed by atoms with E-state index in [-0.39, 0.29) is 111 Å². The molecule has 6 heteroatoms. The molecule has 6 heavy (non-hydrogen) atoms. The first-order valence-corrected chi connectivity index (χ1v) is 0. The maximum atomic E-state index is 0. The summed E-state index contributed by atoms with van der Waals surface area (Å²) in [5.74, 6) is 0. The third-order valence-corrected chi connectivity index (χ3v) is 0. The van der Waals surface area contributed by atoms with Crippen molar-refractivity contribution in [2.75, 3.05) is 0 Å². The molecule has 0 aromatic carbocycles. The molecule has 0 aromatic heterocycles. The quantitative estimate of drug-likeness (QED) is 0.545. The molecule has 0 bridgehead atoms. The summed E-state index contributed by atoms with van der Waals surface area (Å²) in [6.45, 7) is 0. The molecule has 0 aromatic rings. The predicted octanol–water partition coefficient (Wildman–Crippen LogP) is -0.168. The summed E-state index contributed by atoms with van der Waals surface area (Å²) in [5, 5.41) is 0. The van der Waals surface area contributed by atoms with E-state index in [1.165, 1.54) is 0 Å². The summed E-state index contributed by atoms with van der Waals surface area (Å²) in [6, 6.07) is 0. The monoisotopic (exact) mass is 311 g/mol. The summed E-state index contributed by atoms with van der Waals surface area (Å²) in [5.41, 5.74) is 0. The summed E-state index contributed by atoms with van der Waals surface area (Å²) >= 11 is 0. The smallest absolute Gasteiger partial charge is 1.00 e. The van der Waals surface area contributed by atoms with Crippen LogP contribution >= 0.6 is 0 Å². The van der Waals surface area contributed by atoms with Crippen molar-refractivity contribution in [1.82, 2.24) is 0 Å². The first-order valence-electron chi connectivity index (χ1n) is 0. The molecule has 0 spiro atoms. The maximum Gasteiger partial charge on any atom is 2.00 e. The van der Waals surface area contributed by atoms with E-state index in [0.29, 0.717) is 0 Å². The Balaban J connectivity index is 0. The molecular formula is H2CoCrCuFeMgMn. The van der Waals surface area contributed by atoms with Crippen molar-refractivity contribution < 1.29 is 88.2 Å². The zero-order valence-corrected chi connectivity index (χ0v) is 9.44. The second-order valence-electron chi connectivity index (χ2n) is 0. The molecule has 0 aliphatic heterocycles. The number of hydrogen-bond acceptors (Lipinski definition) is 0. The standard InChI is InChI=1S/Co.Cr.Cu.Fe.Mg.Mn.2H/q;;;;+2;;2*-1. The fraction of sp³-hybridized carbons (Fsp3) is 0. The van der Waals surface area contributed by atoms with Crippen LogP contribution in [0.5, 0.6) is 0 Å². The van der Waals surface area contributed by atoms with Gasteiger partial charge in [-0.2, -0.15) is 0 Å². The van der Waals surface area contributed by atoms with Gasteiger partial charge in [0.05, 0.1) is 0 Å². The van der Waals surface area contributed by atoms with Gasteiger partial charge in [0.1, 0.15) is 0 Å². The minimum atomic E-state index is 0. The van der Waals surface area contributed by atoms with Gasteiger partial charge in [0.25, 0.3) is 0 Å². The predicted molar refractivity (Wildman–Crippen MR) is 7.98 cm³/mol. The van der Waals surface area contributed by atoms with Gasteiger partial charge in [-0.25, -0.2) is 0 Å². The van der Waals surface area contributed by atoms with Crippen molar-refractivity contribution in [3.8, 4) is 0 Å². The van der Waals surface area contributed by atoms with E-state index in [9.17, 15) is 0 Å². The first-order chi connectivity index (χ1) is 0. The van der Waals surface area contributed by atoms with Crippen molar-refractivity contribution >= 4 is 23.1 Å². The van der Waals surface area contributed by atoms with Gasteiger partial charge < -0.3 is 2.85 Å². The fourth-order valence-electron chi connectivity index (χ4n) is 0. The van der Waals surface area contributed by atoms with Crippen LogP contribution in [-0.2, 0) is 85.3 Å². The zero-order chi connectivity index (χ0) is 0. The van der Waals surface area contributed by atoms with Crippen LogP contribution in [0.4, 0.5) is 0 Å². The summed E-state index contributed by atoms with van der Waals surface area (Å²) in [4.78, 5) is 0. The van der Waals surface area contributed by atoms with Crippen molar-refractivity contribution in [3.63, 3.8) is 0 Å². The SMILES string of the molecule is [Co].[Cr].[Cu].[Fe].[H-].[H-].[Mg+2].[Mn]. The molecule has 45 valence electrons. The average Bonchev–Trinajstić information content (AvgIpc) is 0. The van der Waals surface area contributed by atoms with Crippen LogP contribution in [0.25, 0.3) is 0 Å². The molecule has 0 saturated carbocycles. The molecular weight excluding hydrogens is 310 g/mol. The molecule has 0 saturated heterocycles. The Bertz CT molecular complexity index is 22.0. The Hall–Kier alpha value is 3.36. The summed E-state index contributed by atoms with van der Waals surface area (Å²) in [6.07, 6.45) is 0. The normalized spacial score (nSPS) is 0. The molecule has 0 fully saturated rings. The molecule has 3 radical (unpaired) electrons. The zero-order valence-electron chi connectivity index (χ0n) is 4.48. The van der Waals surface area contributed by atoms with Gasteiger partial charge in [-0.05, 0) is 0 Å². The summed E-state index contributed by atoms with van der Waals surface area (Å²) < 4.78 is 0. The van der Waals surface area contributed by atoms with E-state index < -0.39 is 0 Å². The van der Waals surface area contributed by atoms with Gasteiger partial charge >= 0.3 is 23.1 Å². The molecule has 0 N–H and O–H groups in total. The van der Waals surface area contributed by atoms with Crippen molar-refractivity contribution in [2.24, 2.45) is 0 Å². The van der Waals surface area contributed by atoms with E-state index in [0.717, 1.165) is 0 Å². The number of rotatable bonds is 0. The van der Waals surface area contributed by atoms with Crippen LogP contribution in [0.15, 0.2) is 0 Å². The average molecular weight is 312 g/mol. The molecule has 0 unspecified atom stereocenters. The minimum Gasteiger partial charge on any atom is -1.00 e. The van der Waals surface area contributed by atoms with Crippen LogP contribution < -0.4 is 0 Å². The molecule has 0 rings (SSSR count). The van der Waals surface area contributed by atoms with Crippen LogP contribution in [-0.4, -0.2) is 23.1 Å². The van der Waals surface area contributed by atoms with E-state index in [1.807, 2.05) is 0 Å². The van der Waals surface area contributed by atoms with Gasteiger partial charge in [-0.1, -0.05) is 0 Å². The largest absolute Gasteiger partial charge is 2.00 e. The minimum absolute atomic E-state index is 0. The topological polar surface area (TPSA) is 0 Å². The second-order valence-corrected chi connectivity index (χ2v) is 0.